The normalized spacial score (nSPS) is 20.0. The first kappa shape index (κ1) is 12.5. The van der Waals surface area contributed by atoms with Crippen LogP contribution >= 0.6 is 0 Å². The molecule has 1 saturated heterocycles. The molecule has 3 heteroatoms. The summed E-state index contributed by atoms with van der Waals surface area (Å²) >= 11 is 0. The molecule has 0 aliphatic carbocycles. The summed E-state index contributed by atoms with van der Waals surface area (Å²) in [4.78, 5) is 6.60. The van der Waals surface area contributed by atoms with E-state index in [2.05, 4.69) is 34.3 Å². The van der Waals surface area contributed by atoms with Crippen LogP contribution in [0.1, 0.15) is 25.3 Å². The minimum Gasteiger partial charge on any atom is -0.313 e. The van der Waals surface area contributed by atoms with E-state index in [0.29, 0.717) is 6.04 Å². The van der Waals surface area contributed by atoms with Gasteiger partial charge in [0.1, 0.15) is 0 Å². The van der Waals surface area contributed by atoms with E-state index in [9.17, 15) is 0 Å². The number of rotatable bonds is 6. The maximum Gasteiger partial charge on any atom is 0.0270 e. The lowest BCUT2D eigenvalue weighted by Gasteiger charge is -2.24. The molecule has 1 aliphatic heterocycles. The molecule has 17 heavy (non-hydrogen) atoms. The topological polar surface area (TPSA) is 28.2 Å². The highest BCUT2D eigenvalue weighted by atomic mass is 15.1. The lowest BCUT2D eigenvalue weighted by atomic mass is 10.1. The van der Waals surface area contributed by atoms with Crippen molar-refractivity contribution in [1.82, 2.24) is 15.2 Å². The Hall–Kier alpha value is -0.930. The molecule has 1 aromatic heterocycles. The highest BCUT2D eigenvalue weighted by Crippen LogP contribution is 2.08. The van der Waals surface area contributed by atoms with Crippen molar-refractivity contribution in [2.75, 3.05) is 26.2 Å². The highest BCUT2D eigenvalue weighted by molar-refractivity contribution is 5.09. The second-order valence-corrected chi connectivity index (χ2v) is 4.79. The summed E-state index contributed by atoms with van der Waals surface area (Å²) in [6, 6.07) is 4.94. The predicted octanol–water partition coefficient (Wildman–Crippen LogP) is 1.70. The van der Waals surface area contributed by atoms with Crippen LogP contribution in [-0.2, 0) is 6.42 Å². The molecule has 0 saturated carbocycles. The molecule has 94 valence electrons. The van der Waals surface area contributed by atoms with Crippen LogP contribution < -0.4 is 5.32 Å². The Labute approximate surface area is 104 Å². The third-order valence-electron chi connectivity index (χ3n) is 3.55. The third kappa shape index (κ3) is 4.10. The van der Waals surface area contributed by atoms with Gasteiger partial charge in [-0.05, 0) is 50.0 Å². The van der Waals surface area contributed by atoms with Crippen molar-refractivity contribution in [3.05, 3.63) is 30.1 Å². The summed E-state index contributed by atoms with van der Waals surface area (Å²) in [5.74, 6) is 0. The van der Waals surface area contributed by atoms with Gasteiger partial charge in [0.25, 0.3) is 0 Å². The fraction of sp³-hybridized carbons (Fsp3) is 0.643. The number of nitrogens with one attached hydrogen (secondary N) is 1. The zero-order valence-electron chi connectivity index (χ0n) is 10.7. The molecule has 1 aliphatic rings. The molecule has 0 unspecified atom stereocenters. The average molecular weight is 233 g/mol. The minimum atomic E-state index is 0.715. The molecular weight excluding hydrogens is 210 g/mol. The second-order valence-electron chi connectivity index (χ2n) is 4.79. The van der Waals surface area contributed by atoms with Gasteiger partial charge in [0.2, 0.25) is 0 Å². The molecule has 0 aromatic carbocycles. The van der Waals surface area contributed by atoms with Crippen LogP contribution in [-0.4, -0.2) is 42.1 Å². The standard InChI is InChI=1S/C14H23N3/c1-2-17(12-14-4-3-8-16-14)11-7-13-5-9-15-10-6-13/h5-6,9-10,14,16H,2-4,7-8,11-12H2,1H3/t14-/m0/s1. The molecule has 1 N–H and O–H groups in total. The summed E-state index contributed by atoms with van der Waals surface area (Å²) in [6.45, 7) is 6.94. The lowest BCUT2D eigenvalue weighted by Crippen LogP contribution is -2.38. The van der Waals surface area contributed by atoms with Crippen molar-refractivity contribution in [3.63, 3.8) is 0 Å². The van der Waals surface area contributed by atoms with E-state index in [1.807, 2.05) is 12.4 Å². The van der Waals surface area contributed by atoms with Crippen LogP contribution in [0.3, 0.4) is 0 Å². The number of nitrogens with zero attached hydrogens (tertiary/aromatic N) is 2. The number of aromatic nitrogens is 1. The van der Waals surface area contributed by atoms with Gasteiger partial charge in [-0.15, -0.1) is 0 Å². The van der Waals surface area contributed by atoms with Crippen molar-refractivity contribution in [2.24, 2.45) is 0 Å². The smallest absolute Gasteiger partial charge is 0.0270 e. The Morgan fingerprint density at radius 1 is 1.41 bits per heavy atom. The number of likely N-dealkylation sites (N-methyl/N-ethyl adjacent to an activating group) is 1. The molecule has 3 nitrogen and oxygen atoms in total. The molecule has 0 bridgehead atoms. The Morgan fingerprint density at radius 2 is 2.24 bits per heavy atom. The quantitative estimate of drug-likeness (QED) is 0.810. The summed E-state index contributed by atoms with van der Waals surface area (Å²) in [7, 11) is 0. The van der Waals surface area contributed by atoms with Crippen LogP contribution in [0.15, 0.2) is 24.5 Å². The summed E-state index contributed by atoms with van der Waals surface area (Å²) in [5.41, 5.74) is 1.39. The molecule has 0 amide bonds. The van der Waals surface area contributed by atoms with E-state index in [-0.39, 0.29) is 0 Å². The molecule has 0 radical (unpaired) electrons. The molecule has 0 spiro atoms. The van der Waals surface area contributed by atoms with E-state index in [1.165, 1.54) is 31.5 Å². The lowest BCUT2D eigenvalue weighted by molar-refractivity contribution is 0.264. The van der Waals surface area contributed by atoms with Gasteiger partial charge in [0.05, 0.1) is 0 Å². The van der Waals surface area contributed by atoms with Crippen LogP contribution in [0.25, 0.3) is 0 Å². The second kappa shape index (κ2) is 6.72. The van der Waals surface area contributed by atoms with Gasteiger partial charge < -0.3 is 10.2 Å². The maximum atomic E-state index is 4.05. The van der Waals surface area contributed by atoms with Gasteiger partial charge in [-0.2, -0.15) is 0 Å². The monoisotopic (exact) mass is 233 g/mol. The Balaban J connectivity index is 1.75. The SMILES string of the molecule is CCN(CCc1ccncc1)C[C@@H]1CCCN1. The Morgan fingerprint density at radius 3 is 2.88 bits per heavy atom. The molecule has 2 rings (SSSR count). The highest BCUT2D eigenvalue weighted by Gasteiger charge is 2.16. The van der Waals surface area contributed by atoms with Crippen LogP contribution in [0.4, 0.5) is 0 Å². The van der Waals surface area contributed by atoms with E-state index in [4.69, 9.17) is 0 Å². The van der Waals surface area contributed by atoms with Gasteiger partial charge >= 0.3 is 0 Å². The summed E-state index contributed by atoms with van der Waals surface area (Å²) in [6.07, 6.45) is 7.57. The first-order chi connectivity index (χ1) is 8.38. The van der Waals surface area contributed by atoms with Crippen LogP contribution in [0.5, 0.6) is 0 Å². The van der Waals surface area contributed by atoms with Gasteiger partial charge in [0.15, 0.2) is 0 Å². The van der Waals surface area contributed by atoms with Gasteiger partial charge in [-0.1, -0.05) is 6.92 Å². The summed E-state index contributed by atoms with van der Waals surface area (Å²) < 4.78 is 0. The van der Waals surface area contributed by atoms with Gasteiger partial charge in [-0.3, -0.25) is 4.98 Å². The molecule has 1 aromatic rings. The zero-order chi connectivity index (χ0) is 11.9. The Kier molecular flexibility index (Phi) is 4.95. The van der Waals surface area contributed by atoms with Crippen molar-refractivity contribution in [1.29, 1.82) is 0 Å². The zero-order valence-corrected chi connectivity index (χ0v) is 10.7. The van der Waals surface area contributed by atoms with E-state index < -0.39 is 0 Å². The van der Waals surface area contributed by atoms with Crippen LogP contribution in [0, 0.1) is 0 Å². The largest absolute Gasteiger partial charge is 0.313 e. The van der Waals surface area contributed by atoms with E-state index in [0.717, 1.165) is 19.5 Å². The van der Waals surface area contributed by atoms with Crippen molar-refractivity contribution in [2.45, 2.75) is 32.2 Å². The van der Waals surface area contributed by atoms with E-state index >= 15 is 0 Å². The number of hydrogen-bond donors (Lipinski definition) is 1. The van der Waals surface area contributed by atoms with Crippen LogP contribution in [0.2, 0.25) is 0 Å². The summed E-state index contributed by atoms with van der Waals surface area (Å²) in [5, 5.41) is 3.57. The first-order valence-electron chi connectivity index (χ1n) is 6.73. The van der Waals surface area contributed by atoms with Gasteiger partial charge in [-0.25, -0.2) is 0 Å². The number of hydrogen-bond acceptors (Lipinski definition) is 3. The fourth-order valence-electron chi connectivity index (χ4n) is 2.44. The molecule has 1 atom stereocenters. The number of pyridine rings is 1. The molecule has 2 heterocycles. The maximum absolute atomic E-state index is 4.05. The predicted molar refractivity (Wildman–Crippen MR) is 71.1 cm³/mol. The molecular formula is C14H23N3. The average Bonchev–Trinajstić information content (AvgIpc) is 2.88. The van der Waals surface area contributed by atoms with Crippen molar-refractivity contribution < 1.29 is 0 Å². The fourth-order valence-corrected chi connectivity index (χ4v) is 2.44. The minimum absolute atomic E-state index is 0.715. The van der Waals surface area contributed by atoms with Crippen molar-refractivity contribution >= 4 is 0 Å². The Bertz CT molecular complexity index is 307. The van der Waals surface area contributed by atoms with Gasteiger partial charge in [0, 0.05) is 31.5 Å². The van der Waals surface area contributed by atoms with Crippen molar-refractivity contribution in [3.8, 4) is 0 Å². The first-order valence-corrected chi connectivity index (χ1v) is 6.73. The molecule has 1 fully saturated rings. The van der Waals surface area contributed by atoms with E-state index in [1.54, 1.807) is 0 Å². The third-order valence-corrected chi connectivity index (χ3v) is 3.55.